The van der Waals surface area contributed by atoms with Gasteiger partial charge < -0.3 is 15.0 Å². The van der Waals surface area contributed by atoms with Crippen LogP contribution in [0.2, 0.25) is 5.02 Å². The zero-order valence-electron chi connectivity index (χ0n) is 15.7. The van der Waals surface area contributed by atoms with Gasteiger partial charge in [0.25, 0.3) is 0 Å². The molecule has 3 aromatic rings. The third-order valence-electron chi connectivity index (χ3n) is 5.10. The van der Waals surface area contributed by atoms with Gasteiger partial charge in [0.1, 0.15) is 0 Å². The Morgan fingerprint density at radius 2 is 1.85 bits per heavy atom. The van der Waals surface area contributed by atoms with Crippen molar-refractivity contribution >= 4 is 28.5 Å². The van der Waals surface area contributed by atoms with Gasteiger partial charge in [0.15, 0.2) is 0 Å². The van der Waals surface area contributed by atoms with E-state index in [4.69, 9.17) is 16.7 Å². The summed E-state index contributed by atoms with van der Waals surface area (Å²) in [6, 6.07) is 12.6. The second-order valence-corrected chi connectivity index (χ2v) is 7.57. The fourth-order valence-corrected chi connectivity index (χ4v) is 3.91. The highest BCUT2D eigenvalue weighted by Gasteiger charge is 2.21. The first kappa shape index (κ1) is 19.5. The van der Waals surface area contributed by atoms with Crippen molar-refractivity contribution in [2.24, 2.45) is 0 Å². The summed E-state index contributed by atoms with van der Waals surface area (Å²) in [5, 5.41) is 10.5. The van der Waals surface area contributed by atoms with Crippen LogP contribution in [-0.2, 0) is 0 Å². The normalized spacial score (nSPS) is 15.4. The van der Waals surface area contributed by atoms with Crippen LogP contribution in [-0.4, -0.2) is 41.1 Å². The summed E-state index contributed by atoms with van der Waals surface area (Å²) >= 11 is 6.30. The number of hydrogen-bond donors (Lipinski definition) is 2. The highest BCUT2D eigenvalue weighted by molar-refractivity contribution is 6.35. The van der Waals surface area contributed by atoms with Crippen molar-refractivity contribution in [2.45, 2.75) is 25.7 Å². The maximum absolute atomic E-state index is 10.2. The molecule has 0 radical (unpaired) electrons. The molecule has 0 bridgehead atoms. The Labute approximate surface area is 164 Å². The quantitative estimate of drug-likeness (QED) is 0.628. The monoisotopic (exact) mass is 384 g/mol. The molecule has 4 nitrogen and oxygen atoms in total. The first-order chi connectivity index (χ1) is 13.0. The Kier molecular flexibility index (Phi) is 6.19. The molecule has 4 rings (SSSR count). The van der Waals surface area contributed by atoms with E-state index in [-0.39, 0.29) is 0 Å². The summed E-state index contributed by atoms with van der Waals surface area (Å²) in [4.78, 5) is 16.0. The minimum Gasteiger partial charge on any atom is -0.478 e. The predicted molar refractivity (Wildman–Crippen MR) is 111 cm³/mol. The number of benzene rings is 2. The van der Waals surface area contributed by atoms with Gasteiger partial charge in [-0.2, -0.15) is 0 Å². The van der Waals surface area contributed by atoms with Gasteiger partial charge in [-0.15, -0.1) is 0 Å². The Morgan fingerprint density at radius 3 is 2.44 bits per heavy atom. The van der Waals surface area contributed by atoms with Crippen molar-refractivity contribution in [1.82, 2.24) is 9.88 Å². The van der Waals surface area contributed by atoms with E-state index in [0.29, 0.717) is 11.5 Å². The van der Waals surface area contributed by atoms with Crippen LogP contribution in [0.5, 0.6) is 0 Å². The number of rotatable bonds is 2. The number of H-pyrrole nitrogens is 1. The van der Waals surface area contributed by atoms with E-state index in [9.17, 15) is 4.79 Å². The molecular weight excluding hydrogens is 360 g/mol. The average molecular weight is 385 g/mol. The number of aromatic nitrogens is 1. The number of aromatic carboxylic acids is 1. The lowest BCUT2D eigenvalue weighted by atomic mass is 9.89. The Hall–Kier alpha value is -2.30. The predicted octanol–water partition coefficient (Wildman–Crippen LogP) is 5.32. The molecule has 0 unspecified atom stereocenters. The number of nitrogens with zero attached hydrogens (tertiary/aromatic N) is 1. The number of carboxylic acid groups (broad SMARTS) is 1. The fourth-order valence-electron chi connectivity index (χ4n) is 3.58. The van der Waals surface area contributed by atoms with Crippen molar-refractivity contribution in [3.05, 3.63) is 70.4 Å². The molecule has 0 spiro atoms. The van der Waals surface area contributed by atoms with Crippen LogP contribution in [0.15, 0.2) is 48.7 Å². The number of aromatic amines is 1. The van der Waals surface area contributed by atoms with E-state index in [0.717, 1.165) is 10.5 Å². The summed E-state index contributed by atoms with van der Waals surface area (Å²) in [6.07, 6.45) is 4.65. The average Bonchev–Trinajstić information content (AvgIpc) is 3.08. The molecule has 2 aromatic carbocycles. The molecule has 1 aromatic heterocycles. The molecular formula is C22H25ClN2O2. The molecule has 1 aliphatic rings. The van der Waals surface area contributed by atoms with E-state index < -0.39 is 5.97 Å². The molecule has 0 atom stereocenters. The number of fused-ring (bicyclic) bond motifs is 1. The van der Waals surface area contributed by atoms with Gasteiger partial charge in [-0.1, -0.05) is 29.8 Å². The molecule has 1 fully saturated rings. The van der Waals surface area contributed by atoms with E-state index in [1.807, 2.05) is 6.07 Å². The number of hydrogen-bond acceptors (Lipinski definition) is 2. The molecule has 0 amide bonds. The molecule has 0 saturated carbocycles. The number of aryl methyl sites for hydroxylation is 1. The number of piperidine rings is 1. The Morgan fingerprint density at radius 1 is 1.19 bits per heavy atom. The number of nitrogens with one attached hydrogen (secondary N) is 1. The lowest BCUT2D eigenvalue weighted by Gasteiger charge is -2.28. The maximum Gasteiger partial charge on any atom is 0.335 e. The first-order valence-electron chi connectivity index (χ1n) is 9.19. The van der Waals surface area contributed by atoms with Crippen molar-refractivity contribution in [1.29, 1.82) is 0 Å². The zero-order valence-corrected chi connectivity index (χ0v) is 16.5. The third-order valence-corrected chi connectivity index (χ3v) is 5.39. The van der Waals surface area contributed by atoms with E-state index in [2.05, 4.69) is 36.1 Å². The summed E-state index contributed by atoms with van der Waals surface area (Å²) in [7, 11) is 2.20. The van der Waals surface area contributed by atoms with Gasteiger partial charge in [0.2, 0.25) is 0 Å². The lowest BCUT2D eigenvalue weighted by Crippen LogP contribution is -2.29. The van der Waals surface area contributed by atoms with Gasteiger partial charge in [-0.25, -0.2) is 4.79 Å². The molecule has 2 heterocycles. The van der Waals surface area contributed by atoms with Crippen LogP contribution in [0.3, 0.4) is 0 Å². The van der Waals surface area contributed by atoms with Crippen molar-refractivity contribution in [3.8, 4) is 0 Å². The number of halogens is 1. The van der Waals surface area contributed by atoms with Crippen LogP contribution in [0.4, 0.5) is 0 Å². The third kappa shape index (κ3) is 4.71. The molecule has 27 heavy (non-hydrogen) atoms. The summed E-state index contributed by atoms with van der Waals surface area (Å²) in [5.74, 6) is -0.205. The Balaban J connectivity index is 0.000000197. The van der Waals surface area contributed by atoms with Gasteiger partial charge in [-0.05, 0) is 81.2 Å². The minimum absolute atomic E-state index is 0.331. The number of carboxylic acids is 1. The highest BCUT2D eigenvalue weighted by atomic mass is 35.5. The van der Waals surface area contributed by atoms with Crippen molar-refractivity contribution in [3.63, 3.8) is 0 Å². The van der Waals surface area contributed by atoms with E-state index >= 15 is 0 Å². The molecule has 5 heteroatoms. The van der Waals surface area contributed by atoms with Crippen molar-refractivity contribution in [2.75, 3.05) is 20.1 Å². The zero-order chi connectivity index (χ0) is 19.4. The first-order valence-corrected chi connectivity index (χ1v) is 9.57. The van der Waals surface area contributed by atoms with E-state index in [1.165, 1.54) is 42.4 Å². The van der Waals surface area contributed by atoms with Crippen molar-refractivity contribution < 1.29 is 9.90 Å². The summed E-state index contributed by atoms with van der Waals surface area (Å²) in [6.45, 7) is 4.49. The number of carbonyl (C=O) groups is 1. The topological polar surface area (TPSA) is 56.3 Å². The molecule has 142 valence electrons. The molecule has 1 saturated heterocycles. The van der Waals surface area contributed by atoms with Crippen LogP contribution in [0.1, 0.15) is 40.2 Å². The SMILES string of the molecule is Cc1cc(Cl)c2[nH]cc(C3CCN(C)CC3)c2c1.O=C(O)c1ccccc1. The van der Waals surface area contributed by atoms with Gasteiger partial charge in [-0.3, -0.25) is 0 Å². The van der Waals surface area contributed by atoms with Crippen LogP contribution < -0.4 is 0 Å². The lowest BCUT2D eigenvalue weighted by molar-refractivity contribution is 0.0697. The molecule has 2 N–H and O–H groups in total. The fraction of sp³-hybridized carbons (Fsp3) is 0.318. The van der Waals surface area contributed by atoms with Gasteiger partial charge in [0, 0.05) is 11.6 Å². The maximum atomic E-state index is 10.2. The van der Waals surface area contributed by atoms with E-state index in [1.54, 1.807) is 30.3 Å². The Bertz CT molecular complexity index is 913. The standard InChI is InChI=1S/C15H19ClN2.C7H6O2/c1-10-7-12-13(9-17-15(12)14(16)8-10)11-3-5-18(2)6-4-11;8-7(9)6-4-2-1-3-5-6/h7-9,11,17H,3-6H2,1-2H3;1-5H,(H,8,9). The number of likely N-dealkylation sites (tertiary alicyclic amines) is 1. The highest BCUT2D eigenvalue weighted by Crippen LogP contribution is 2.35. The summed E-state index contributed by atoms with van der Waals surface area (Å²) in [5.41, 5.74) is 4.11. The molecule has 1 aliphatic heterocycles. The van der Waals surface area contributed by atoms with Crippen LogP contribution in [0.25, 0.3) is 10.9 Å². The second-order valence-electron chi connectivity index (χ2n) is 7.16. The second kappa shape index (κ2) is 8.59. The molecule has 0 aliphatic carbocycles. The summed E-state index contributed by atoms with van der Waals surface area (Å²) < 4.78 is 0. The van der Waals surface area contributed by atoms with Gasteiger partial charge in [0.05, 0.1) is 16.1 Å². The largest absolute Gasteiger partial charge is 0.478 e. The van der Waals surface area contributed by atoms with Crippen LogP contribution >= 0.6 is 11.6 Å². The minimum atomic E-state index is -0.879. The smallest absolute Gasteiger partial charge is 0.335 e. The van der Waals surface area contributed by atoms with Gasteiger partial charge >= 0.3 is 5.97 Å². The van der Waals surface area contributed by atoms with Crippen LogP contribution in [0, 0.1) is 6.92 Å².